The number of likely N-dealkylation sites (N-methyl/N-ethyl adjacent to an activating group) is 1. The summed E-state index contributed by atoms with van der Waals surface area (Å²) in [6.07, 6.45) is 1.51. The molecule has 1 heterocycles. The zero-order chi connectivity index (χ0) is 13.9. The van der Waals surface area contributed by atoms with Gasteiger partial charge in [-0.25, -0.2) is 4.68 Å². The Bertz CT molecular complexity index is 546. The fourth-order valence-electron chi connectivity index (χ4n) is 1.38. The standard InChI is InChI=1S/C12H16N6O/c1-12(2,13-3)11(19)15-9-4-6-10(7-5-9)18-8-14-16-17-18/h4-8,13H,1-3H3,(H,15,19). The number of tetrazole rings is 1. The van der Waals surface area contributed by atoms with Gasteiger partial charge >= 0.3 is 0 Å². The maximum absolute atomic E-state index is 12.0. The van der Waals surface area contributed by atoms with Crippen molar-refractivity contribution in [3.8, 4) is 5.69 Å². The molecule has 0 atom stereocenters. The van der Waals surface area contributed by atoms with E-state index in [1.54, 1.807) is 23.9 Å². The molecule has 0 radical (unpaired) electrons. The summed E-state index contributed by atoms with van der Waals surface area (Å²) in [7, 11) is 1.75. The van der Waals surface area contributed by atoms with Crippen molar-refractivity contribution >= 4 is 11.6 Å². The first kappa shape index (κ1) is 13.2. The highest BCUT2D eigenvalue weighted by Gasteiger charge is 2.24. The van der Waals surface area contributed by atoms with E-state index < -0.39 is 5.54 Å². The van der Waals surface area contributed by atoms with Crippen LogP contribution in [0.1, 0.15) is 13.8 Å². The minimum absolute atomic E-state index is 0.0924. The molecule has 0 saturated carbocycles. The highest BCUT2D eigenvalue weighted by Crippen LogP contribution is 2.14. The van der Waals surface area contributed by atoms with Crippen LogP contribution in [0.5, 0.6) is 0 Å². The van der Waals surface area contributed by atoms with Crippen molar-refractivity contribution in [3.05, 3.63) is 30.6 Å². The summed E-state index contributed by atoms with van der Waals surface area (Å²) in [6.45, 7) is 3.63. The molecular formula is C12H16N6O. The molecule has 1 aromatic carbocycles. The highest BCUT2D eigenvalue weighted by molar-refractivity contribution is 5.97. The van der Waals surface area contributed by atoms with Crippen LogP contribution in [0.3, 0.4) is 0 Å². The molecule has 0 saturated heterocycles. The molecular weight excluding hydrogens is 244 g/mol. The molecule has 19 heavy (non-hydrogen) atoms. The zero-order valence-electron chi connectivity index (χ0n) is 11.1. The Morgan fingerprint density at radius 3 is 2.47 bits per heavy atom. The summed E-state index contributed by atoms with van der Waals surface area (Å²) in [4.78, 5) is 12.0. The molecule has 0 aliphatic carbocycles. The van der Waals surface area contributed by atoms with Crippen LogP contribution in [0.25, 0.3) is 5.69 Å². The zero-order valence-corrected chi connectivity index (χ0v) is 11.1. The number of carbonyl (C=O) groups excluding carboxylic acids is 1. The van der Waals surface area contributed by atoms with E-state index in [4.69, 9.17) is 0 Å². The molecule has 7 nitrogen and oxygen atoms in total. The Morgan fingerprint density at radius 2 is 1.95 bits per heavy atom. The number of rotatable bonds is 4. The first-order valence-corrected chi connectivity index (χ1v) is 5.87. The maximum Gasteiger partial charge on any atom is 0.244 e. The summed E-state index contributed by atoms with van der Waals surface area (Å²) >= 11 is 0. The fourth-order valence-corrected chi connectivity index (χ4v) is 1.38. The van der Waals surface area contributed by atoms with Crippen molar-refractivity contribution in [2.75, 3.05) is 12.4 Å². The summed E-state index contributed by atoms with van der Waals surface area (Å²) in [5, 5.41) is 16.7. The molecule has 1 amide bonds. The lowest BCUT2D eigenvalue weighted by Crippen LogP contribution is -2.47. The Hall–Kier alpha value is -2.28. The third kappa shape index (κ3) is 2.94. The molecule has 1 aromatic heterocycles. The largest absolute Gasteiger partial charge is 0.325 e. The van der Waals surface area contributed by atoms with Crippen molar-refractivity contribution < 1.29 is 4.79 Å². The van der Waals surface area contributed by atoms with E-state index in [1.165, 1.54) is 6.33 Å². The normalized spacial score (nSPS) is 11.3. The van der Waals surface area contributed by atoms with Gasteiger partial charge in [0.1, 0.15) is 6.33 Å². The predicted molar refractivity (Wildman–Crippen MR) is 70.9 cm³/mol. The second kappa shape index (κ2) is 5.15. The van der Waals surface area contributed by atoms with E-state index in [2.05, 4.69) is 26.2 Å². The first-order chi connectivity index (χ1) is 9.03. The highest BCUT2D eigenvalue weighted by atomic mass is 16.2. The van der Waals surface area contributed by atoms with Gasteiger partial charge < -0.3 is 10.6 Å². The van der Waals surface area contributed by atoms with E-state index in [0.717, 1.165) is 11.4 Å². The maximum atomic E-state index is 12.0. The molecule has 2 aromatic rings. The molecule has 0 unspecified atom stereocenters. The fraction of sp³-hybridized carbons (Fsp3) is 0.333. The van der Waals surface area contributed by atoms with Gasteiger partial charge in [0.15, 0.2) is 0 Å². The van der Waals surface area contributed by atoms with Gasteiger partial charge in [-0.3, -0.25) is 4.79 Å². The molecule has 0 spiro atoms. The Labute approximate surface area is 111 Å². The Balaban J connectivity index is 2.10. The van der Waals surface area contributed by atoms with E-state index in [1.807, 2.05) is 26.0 Å². The van der Waals surface area contributed by atoms with Crippen molar-refractivity contribution in [2.24, 2.45) is 0 Å². The number of hydrogen-bond acceptors (Lipinski definition) is 5. The third-order valence-corrected chi connectivity index (χ3v) is 2.93. The first-order valence-electron chi connectivity index (χ1n) is 5.87. The van der Waals surface area contributed by atoms with Crippen LogP contribution < -0.4 is 10.6 Å². The molecule has 0 fully saturated rings. The van der Waals surface area contributed by atoms with Gasteiger partial charge in [0.2, 0.25) is 5.91 Å². The molecule has 0 aliphatic rings. The monoisotopic (exact) mass is 260 g/mol. The van der Waals surface area contributed by atoms with E-state index in [-0.39, 0.29) is 5.91 Å². The summed E-state index contributed by atoms with van der Waals surface area (Å²) in [5.74, 6) is -0.0924. The van der Waals surface area contributed by atoms with Crippen molar-refractivity contribution in [3.63, 3.8) is 0 Å². The molecule has 2 rings (SSSR count). The smallest absolute Gasteiger partial charge is 0.244 e. The average Bonchev–Trinajstić information content (AvgIpc) is 2.93. The SMILES string of the molecule is CNC(C)(C)C(=O)Nc1ccc(-n2cnnn2)cc1. The molecule has 100 valence electrons. The molecule has 0 bridgehead atoms. The van der Waals surface area contributed by atoms with Crippen molar-refractivity contribution in [1.82, 2.24) is 25.5 Å². The van der Waals surface area contributed by atoms with E-state index in [9.17, 15) is 4.79 Å². The van der Waals surface area contributed by atoms with Crippen molar-refractivity contribution in [1.29, 1.82) is 0 Å². The van der Waals surface area contributed by atoms with Crippen LogP contribution in [-0.4, -0.2) is 38.7 Å². The predicted octanol–water partition coefficient (Wildman–Crippen LogP) is 0.599. The molecule has 0 aliphatic heterocycles. The number of anilines is 1. The summed E-state index contributed by atoms with van der Waals surface area (Å²) < 4.78 is 1.54. The summed E-state index contributed by atoms with van der Waals surface area (Å²) in [6, 6.07) is 7.28. The molecule has 7 heteroatoms. The van der Waals surface area contributed by atoms with Gasteiger partial charge in [0, 0.05) is 5.69 Å². The summed E-state index contributed by atoms with van der Waals surface area (Å²) in [5.41, 5.74) is 0.940. The second-order valence-electron chi connectivity index (χ2n) is 4.63. The van der Waals surface area contributed by atoms with Crippen LogP contribution in [0, 0.1) is 0 Å². The van der Waals surface area contributed by atoms with Gasteiger partial charge in [0.25, 0.3) is 0 Å². The topological polar surface area (TPSA) is 84.7 Å². The lowest BCUT2D eigenvalue weighted by Gasteiger charge is -2.22. The number of nitrogens with zero attached hydrogens (tertiary/aromatic N) is 4. The minimum Gasteiger partial charge on any atom is -0.325 e. The number of hydrogen-bond donors (Lipinski definition) is 2. The quantitative estimate of drug-likeness (QED) is 0.841. The van der Waals surface area contributed by atoms with E-state index >= 15 is 0 Å². The Kier molecular flexibility index (Phi) is 3.57. The number of aromatic nitrogens is 4. The van der Waals surface area contributed by atoms with Gasteiger partial charge in [-0.2, -0.15) is 0 Å². The van der Waals surface area contributed by atoms with Gasteiger partial charge in [0.05, 0.1) is 11.2 Å². The lowest BCUT2D eigenvalue weighted by molar-refractivity contribution is -0.121. The van der Waals surface area contributed by atoms with Gasteiger partial charge in [-0.15, -0.1) is 5.10 Å². The van der Waals surface area contributed by atoms with Crippen LogP contribution in [0.15, 0.2) is 30.6 Å². The van der Waals surface area contributed by atoms with E-state index in [0.29, 0.717) is 0 Å². The number of carbonyl (C=O) groups is 1. The van der Waals surface area contributed by atoms with Gasteiger partial charge in [-0.1, -0.05) is 0 Å². The average molecular weight is 260 g/mol. The Morgan fingerprint density at radius 1 is 1.26 bits per heavy atom. The minimum atomic E-state index is -0.617. The van der Waals surface area contributed by atoms with Crippen molar-refractivity contribution in [2.45, 2.75) is 19.4 Å². The van der Waals surface area contributed by atoms with Gasteiger partial charge in [-0.05, 0) is 55.6 Å². The van der Waals surface area contributed by atoms with Crippen LogP contribution in [0.2, 0.25) is 0 Å². The third-order valence-electron chi connectivity index (χ3n) is 2.93. The number of nitrogens with one attached hydrogen (secondary N) is 2. The van der Waals surface area contributed by atoms with Crippen LogP contribution >= 0.6 is 0 Å². The van der Waals surface area contributed by atoms with Crippen LogP contribution in [-0.2, 0) is 4.79 Å². The lowest BCUT2D eigenvalue weighted by atomic mass is 10.1. The van der Waals surface area contributed by atoms with Crippen LogP contribution in [0.4, 0.5) is 5.69 Å². The number of amides is 1. The second-order valence-corrected chi connectivity index (χ2v) is 4.63. The molecule has 2 N–H and O–H groups in total. The number of benzene rings is 1.